The highest BCUT2D eigenvalue weighted by molar-refractivity contribution is 7.90. The van der Waals surface area contributed by atoms with Gasteiger partial charge < -0.3 is 5.73 Å². The summed E-state index contributed by atoms with van der Waals surface area (Å²) in [6.45, 7) is 0. The summed E-state index contributed by atoms with van der Waals surface area (Å²) in [6, 6.07) is -0.513. The van der Waals surface area contributed by atoms with Crippen molar-refractivity contribution in [3.8, 4) is 0 Å². The molecule has 16 heavy (non-hydrogen) atoms. The van der Waals surface area contributed by atoms with Crippen molar-refractivity contribution in [1.82, 2.24) is 4.98 Å². The van der Waals surface area contributed by atoms with Crippen molar-refractivity contribution in [2.24, 2.45) is 0 Å². The summed E-state index contributed by atoms with van der Waals surface area (Å²) < 4.78 is 58.4. The smallest absolute Gasteiger partial charge is 0.377 e. The zero-order valence-electron chi connectivity index (χ0n) is 8.12. The predicted molar refractivity (Wildman–Crippen MR) is 50.5 cm³/mol. The Labute approximate surface area is 90.2 Å². The molecule has 4 nitrogen and oxygen atoms in total. The zero-order valence-corrected chi connectivity index (χ0v) is 8.93. The molecule has 0 amide bonds. The number of nitrogens with one attached hydrogen (secondary N) is 1. The summed E-state index contributed by atoms with van der Waals surface area (Å²) in [5, 5.41) is -0.314. The van der Waals surface area contributed by atoms with Gasteiger partial charge in [-0.1, -0.05) is 6.07 Å². The Morgan fingerprint density at radius 1 is 1.38 bits per heavy atom. The minimum atomic E-state index is -4.69. The Kier molecular flexibility index (Phi) is 3.25. The molecular weight excluding hydrogens is 245 g/mol. The molecule has 0 aliphatic heterocycles. The fourth-order valence-corrected chi connectivity index (χ4v) is 1.53. The van der Waals surface area contributed by atoms with Gasteiger partial charge in [0.15, 0.2) is 14.9 Å². The summed E-state index contributed by atoms with van der Waals surface area (Å²) in [4.78, 5) is 3.38. The second-order valence-corrected chi connectivity index (χ2v) is 5.14. The lowest BCUT2D eigenvalue weighted by atomic mass is 10.1. The SMILES string of the molecule is CS(=O)(=O)c1ccc(C([NH-])C(F)(F)F)cn1. The van der Waals surface area contributed by atoms with Crippen molar-refractivity contribution >= 4 is 9.84 Å². The summed E-state index contributed by atoms with van der Waals surface area (Å²) in [5.74, 6) is 0. The van der Waals surface area contributed by atoms with Crippen LogP contribution in [0.3, 0.4) is 0 Å². The van der Waals surface area contributed by atoms with Gasteiger partial charge in [0.2, 0.25) is 0 Å². The number of nitrogens with zero attached hydrogens (tertiary/aromatic N) is 1. The number of rotatable bonds is 2. The molecule has 0 aromatic carbocycles. The van der Waals surface area contributed by atoms with E-state index in [0.29, 0.717) is 0 Å². The van der Waals surface area contributed by atoms with Gasteiger partial charge >= 0.3 is 6.18 Å². The highest BCUT2D eigenvalue weighted by Crippen LogP contribution is 2.34. The van der Waals surface area contributed by atoms with Gasteiger partial charge in [0.05, 0.1) is 0 Å². The number of aromatic nitrogens is 1. The number of halogens is 3. The average molecular weight is 253 g/mol. The van der Waals surface area contributed by atoms with E-state index in [9.17, 15) is 21.6 Å². The van der Waals surface area contributed by atoms with Gasteiger partial charge in [0.1, 0.15) is 0 Å². The number of hydrogen-bond acceptors (Lipinski definition) is 3. The molecule has 1 N–H and O–H groups in total. The van der Waals surface area contributed by atoms with Crippen molar-refractivity contribution in [2.45, 2.75) is 17.2 Å². The summed E-state index contributed by atoms with van der Waals surface area (Å²) >= 11 is 0. The van der Waals surface area contributed by atoms with Crippen LogP contribution in [0.15, 0.2) is 23.4 Å². The van der Waals surface area contributed by atoms with E-state index in [1.165, 1.54) is 0 Å². The van der Waals surface area contributed by atoms with Gasteiger partial charge in [-0.2, -0.15) is 13.2 Å². The highest BCUT2D eigenvalue weighted by atomic mass is 32.2. The third-order valence-electron chi connectivity index (χ3n) is 1.80. The lowest BCUT2D eigenvalue weighted by molar-refractivity contribution is -0.139. The molecular formula is C8H8F3N2O2S-. The Morgan fingerprint density at radius 3 is 2.25 bits per heavy atom. The molecule has 1 rings (SSSR count). The molecule has 0 radical (unpaired) electrons. The zero-order chi connectivity index (χ0) is 12.6. The first-order valence-corrected chi connectivity index (χ1v) is 5.95. The summed E-state index contributed by atoms with van der Waals surface area (Å²) in [6.07, 6.45) is -3.03. The fraction of sp³-hybridized carbons (Fsp3) is 0.375. The van der Waals surface area contributed by atoms with Crippen LogP contribution in [0.4, 0.5) is 13.2 Å². The van der Waals surface area contributed by atoms with Gasteiger partial charge in [-0.05, 0) is 17.7 Å². The molecule has 90 valence electrons. The first-order chi connectivity index (χ1) is 7.12. The van der Waals surface area contributed by atoms with E-state index in [0.717, 1.165) is 24.6 Å². The van der Waals surface area contributed by atoms with Gasteiger partial charge in [0, 0.05) is 12.5 Å². The minimum Gasteiger partial charge on any atom is -0.663 e. The Bertz CT molecular complexity index is 467. The van der Waals surface area contributed by atoms with Crippen molar-refractivity contribution in [3.05, 3.63) is 29.6 Å². The maximum Gasteiger partial charge on any atom is 0.377 e. The van der Waals surface area contributed by atoms with Crippen LogP contribution in [-0.2, 0) is 9.84 Å². The Balaban J connectivity index is 3.05. The average Bonchev–Trinajstić information content (AvgIpc) is 2.14. The predicted octanol–water partition coefficient (Wildman–Crippen LogP) is 2.14. The van der Waals surface area contributed by atoms with Crippen LogP contribution in [0.2, 0.25) is 0 Å². The third kappa shape index (κ3) is 2.92. The quantitative estimate of drug-likeness (QED) is 0.810. The summed E-state index contributed by atoms with van der Waals surface area (Å²) in [5.41, 5.74) is 6.49. The fourth-order valence-electron chi connectivity index (χ4n) is 0.971. The Hall–Kier alpha value is -1.15. The van der Waals surface area contributed by atoms with E-state index in [2.05, 4.69) is 4.98 Å². The second-order valence-electron chi connectivity index (χ2n) is 3.18. The summed E-state index contributed by atoms with van der Waals surface area (Å²) in [7, 11) is -3.53. The van der Waals surface area contributed by atoms with Crippen LogP contribution >= 0.6 is 0 Å². The van der Waals surface area contributed by atoms with E-state index in [1.54, 1.807) is 0 Å². The molecule has 0 fully saturated rings. The molecule has 0 saturated carbocycles. The third-order valence-corrected chi connectivity index (χ3v) is 2.80. The van der Waals surface area contributed by atoms with Crippen molar-refractivity contribution < 1.29 is 21.6 Å². The molecule has 0 aliphatic rings. The topological polar surface area (TPSA) is 70.8 Å². The van der Waals surface area contributed by atoms with E-state index in [4.69, 9.17) is 5.73 Å². The van der Waals surface area contributed by atoms with E-state index >= 15 is 0 Å². The van der Waals surface area contributed by atoms with Crippen LogP contribution < -0.4 is 0 Å². The van der Waals surface area contributed by atoms with Gasteiger partial charge in [-0.15, -0.1) is 0 Å². The standard InChI is InChI=1S/C8H8F3N2O2S/c1-16(14,15)6-3-2-5(4-13-6)7(12)8(9,10)11/h2-4,7,12H,1H3/q-1. The van der Waals surface area contributed by atoms with Crippen molar-refractivity contribution in [1.29, 1.82) is 0 Å². The van der Waals surface area contributed by atoms with E-state index < -0.39 is 22.1 Å². The van der Waals surface area contributed by atoms with Crippen LogP contribution in [0.1, 0.15) is 11.6 Å². The van der Waals surface area contributed by atoms with Crippen LogP contribution in [0.5, 0.6) is 0 Å². The normalized spacial score (nSPS) is 14.8. The van der Waals surface area contributed by atoms with Crippen LogP contribution in [-0.4, -0.2) is 25.8 Å². The van der Waals surface area contributed by atoms with Gasteiger partial charge in [-0.3, -0.25) is 0 Å². The lowest BCUT2D eigenvalue weighted by Gasteiger charge is -2.23. The van der Waals surface area contributed by atoms with E-state index in [-0.39, 0.29) is 10.6 Å². The largest absolute Gasteiger partial charge is 0.663 e. The highest BCUT2D eigenvalue weighted by Gasteiger charge is 2.32. The molecule has 0 saturated heterocycles. The van der Waals surface area contributed by atoms with E-state index in [1.807, 2.05) is 0 Å². The molecule has 1 aromatic rings. The molecule has 1 unspecified atom stereocenters. The molecule has 0 bridgehead atoms. The molecule has 8 heteroatoms. The van der Waals surface area contributed by atoms with Crippen LogP contribution in [0.25, 0.3) is 5.73 Å². The maximum atomic E-state index is 12.1. The molecule has 0 spiro atoms. The molecule has 1 heterocycles. The number of alkyl halides is 3. The monoisotopic (exact) mass is 253 g/mol. The first kappa shape index (κ1) is 12.9. The lowest BCUT2D eigenvalue weighted by Crippen LogP contribution is -2.17. The molecule has 0 aliphatic carbocycles. The van der Waals surface area contributed by atoms with Crippen molar-refractivity contribution in [3.63, 3.8) is 0 Å². The first-order valence-electron chi connectivity index (χ1n) is 4.06. The minimum absolute atomic E-state index is 0.314. The number of pyridine rings is 1. The van der Waals surface area contributed by atoms with Crippen molar-refractivity contribution in [2.75, 3.05) is 6.26 Å². The maximum absolute atomic E-state index is 12.1. The number of hydrogen-bond donors (Lipinski definition) is 0. The molecule has 1 atom stereocenters. The number of sulfone groups is 1. The van der Waals surface area contributed by atoms with Gasteiger partial charge in [-0.25, -0.2) is 13.4 Å². The molecule has 1 aromatic heterocycles. The van der Waals surface area contributed by atoms with Crippen LogP contribution in [0, 0.1) is 0 Å². The van der Waals surface area contributed by atoms with Gasteiger partial charge in [0.25, 0.3) is 0 Å². The Morgan fingerprint density at radius 2 is 1.94 bits per heavy atom. The second kappa shape index (κ2) is 4.02.